The first-order valence-corrected chi connectivity index (χ1v) is 7.83. The lowest BCUT2D eigenvalue weighted by Crippen LogP contribution is -2.06. The number of fused-ring (bicyclic) bond motifs is 1. The van der Waals surface area contributed by atoms with Crippen molar-refractivity contribution in [3.8, 4) is 0 Å². The number of benzene rings is 2. The lowest BCUT2D eigenvalue weighted by Gasteiger charge is -2.08. The van der Waals surface area contributed by atoms with Crippen LogP contribution >= 0.6 is 11.6 Å². The number of aromatic nitrogens is 1. The number of nitrogens with one attached hydrogen (secondary N) is 1. The number of hydrazone groups is 1. The Kier molecular flexibility index (Phi) is 4.95. The summed E-state index contributed by atoms with van der Waals surface area (Å²) in [6.45, 7) is 0. The molecule has 0 fully saturated rings. The monoisotopic (exact) mass is 394 g/mol. The molecule has 3 rings (SSSR count). The van der Waals surface area contributed by atoms with E-state index < -0.39 is 22.4 Å². The molecule has 0 aliphatic rings. The van der Waals surface area contributed by atoms with Crippen molar-refractivity contribution in [2.24, 2.45) is 5.10 Å². The van der Waals surface area contributed by atoms with E-state index in [9.17, 15) is 23.3 Å². The molecule has 0 radical (unpaired) electrons. The second-order valence-corrected chi connectivity index (χ2v) is 5.78. The van der Waals surface area contributed by atoms with Crippen LogP contribution in [0.4, 0.5) is 24.5 Å². The molecule has 6 nitrogen and oxygen atoms in total. The summed E-state index contributed by atoms with van der Waals surface area (Å²) < 4.78 is 38.1. The standard InChI is InChI=1S/C17H10ClF3N4O2/c18-16-11(7-10-3-1-2-4-13(10)23-16)9-22-24-14-6-5-12(17(19,20)21)8-15(14)25(26)27/h1-9,24H/b22-9+. The van der Waals surface area contributed by atoms with Gasteiger partial charge in [0.2, 0.25) is 0 Å². The average molecular weight is 395 g/mol. The molecule has 0 amide bonds. The fraction of sp³-hybridized carbons (Fsp3) is 0.0588. The number of halogens is 4. The van der Waals surface area contributed by atoms with Gasteiger partial charge in [-0.1, -0.05) is 29.8 Å². The zero-order valence-electron chi connectivity index (χ0n) is 13.4. The van der Waals surface area contributed by atoms with Gasteiger partial charge in [-0.25, -0.2) is 4.98 Å². The van der Waals surface area contributed by atoms with Gasteiger partial charge in [-0.15, -0.1) is 0 Å². The molecular weight excluding hydrogens is 385 g/mol. The Hall–Kier alpha value is -3.20. The molecule has 138 valence electrons. The molecule has 27 heavy (non-hydrogen) atoms. The van der Waals surface area contributed by atoms with E-state index in [1.807, 2.05) is 18.2 Å². The molecule has 10 heteroatoms. The van der Waals surface area contributed by atoms with Gasteiger partial charge in [0.1, 0.15) is 10.8 Å². The highest BCUT2D eigenvalue weighted by Gasteiger charge is 2.33. The zero-order valence-corrected chi connectivity index (χ0v) is 14.1. The summed E-state index contributed by atoms with van der Waals surface area (Å²) in [7, 11) is 0. The van der Waals surface area contributed by atoms with E-state index in [1.54, 1.807) is 12.1 Å². The third-order valence-corrected chi connectivity index (χ3v) is 3.92. The number of pyridine rings is 1. The van der Waals surface area contributed by atoms with Crippen molar-refractivity contribution < 1.29 is 18.1 Å². The average Bonchev–Trinajstić information content (AvgIpc) is 2.61. The molecule has 1 aromatic heterocycles. The van der Waals surface area contributed by atoms with Crippen LogP contribution < -0.4 is 5.43 Å². The quantitative estimate of drug-likeness (QED) is 0.283. The second-order valence-electron chi connectivity index (χ2n) is 5.42. The summed E-state index contributed by atoms with van der Waals surface area (Å²) >= 11 is 6.07. The van der Waals surface area contributed by atoms with Gasteiger partial charge in [0.15, 0.2) is 0 Å². The SMILES string of the molecule is O=[N+]([O-])c1cc(C(F)(F)F)ccc1N/N=C/c1cc2ccccc2nc1Cl. The Morgan fingerprint density at radius 1 is 1.19 bits per heavy atom. The summed E-state index contributed by atoms with van der Waals surface area (Å²) in [5.74, 6) is 0. The van der Waals surface area contributed by atoms with Gasteiger partial charge in [0.25, 0.3) is 5.69 Å². The Morgan fingerprint density at radius 2 is 1.93 bits per heavy atom. The lowest BCUT2D eigenvalue weighted by molar-refractivity contribution is -0.384. The summed E-state index contributed by atoms with van der Waals surface area (Å²) in [5, 5.41) is 15.9. The van der Waals surface area contributed by atoms with Crippen LogP contribution in [0.3, 0.4) is 0 Å². The number of hydrogen-bond donors (Lipinski definition) is 1. The number of nitrogens with zero attached hydrogens (tertiary/aromatic N) is 3. The first kappa shape index (κ1) is 18.6. The van der Waals surface area contributed by atoms with Crippen molar-refractivity contribution in [1.82, 2.24) is 4.98 Å². The maximum atomic E-state index is 12.7. The number of para-hydroxylation sites is 1. The van der Waals surface area contributed by atoms with Crippen LogP contribution in [0.2, 0.25) is 5.15 Å². The number of nitro benzene ring substituents is 1. The van der Waals surface area contributed by atoms with Gasteiger partial charge in [-0.05, 0) is 24.3 Å². The van der Waals surface area contributed by atoms with Crippen LogP contribution in [-0.2, 0) is 6.18 Å². The van der Waals surface area contributed by atoms with Crippen molar-refractivity contribution in [2.75, 3.05) is 5.43 Å². The van der Waals surface area contributed by atoms with E-state index in [0.29, 0.717) is 17.1 Å². The van der Waals surface area contributed by atoms with Crippen LogP contribution in [0, 0.1) is 10.1 Å². The van der Waals surface area contributed by atoms with Gasteiger partial charge < -0.3 is 0 Å². The predicted molar refractivity (Wildman–Crippen MR) is 96.1 cm³/mol. The first-order valence-electron chi connectivity index (χ1n) is 7.46. The number of alkyl halides is 3. The molecule has 0 aliphatic carbocycles. The minimum Gasteiger partial charge on any atom is -0.272 e. The highest BCUT2D eigenvalue weighted by Crippen LogP contribution is 2.35. The molecule has 1 N–H and O–H groups in total. The predicted octanol–water partition coefficient (Wildman–Crippen LogP) is 5.26. The van der Waals surface area contributed by atoms with E-state index in [-0.39, 0.29) is 10.8 Å². The maximum Gasteiger partial charge on any atom is 0.416 e. The lowest BCUT2D eigenvalue weighted by atomic mass is 10.1. The summed E-state index contributed by atoms with van der Waals surface area (Å²) in [6, 6.07) is 11.1. The Morgan fingerprint density at radius 3 is 2.63 bits per heavy atom. The normalized spacial score (nSPS) is 11.9. The van der Waals surface area contributed by atoms with Crippen LogP contribution in [0.1, 0.15) is 11.1 Å². The second kappa shape index (κ2) is 7.20. The first-order chi connectivity index (χ1) is 12.8. The molecule has 0 saturated carbocycles. The van der Waals surface area contributed by atoms with Gasteiger partial charge in [0, 0.05) is 17.0 Å². The number of nitro groups is 1. The minimum absolute atomic E-state index is 0.168. The molecule has 1 heterocycles. The van der Waals surface area contributed by atoms with Crippen LogP contribution in [0.25, 0.3) is 10.9 Å². The molecular formula is C17H10ClF3N4O2. The van der Waals surface area contributed by atoms with Gasteiger partial charge >= 0.3 is 6.18 Å². The Labute approximate surface area is 155 Å². The number of anilines is 1. The van der Waals surface area contributed by atoms with Crippen molar-refractivity contribution >= 4 is 40.1 Å². The number of rotatable bonds is 4. The third kappa shape index (κ3) is 4.14. The molecule has 0 unspecified atom stereocenters. The smallest absolute Gasteiger partial charge is 0.272 e. The largest absolute Gasteiger partial charge is 0.416 e. The van der Waals surface area contributed by atoms with Crippen LogP contribution in [0.5, 0.6) is 0 Å². The Bertz CT molecular complexity index is 1050. The van der Waals surface area contributed by atoms with Crippen LogP contribution in [0.15, 0.2) is 53.6 Å². The molecule has 0 spiro atoms. The van der Waals surface area contributed by atoms with E-state index in [1.165, 1.54) is 6.21 Å². The molecule has 0 aliphatic heterocycles. The van der Waals surface area contributed by atoms with E-state index in [4.69, 9.17) is 11.6 Å². The summed E-state index contributed by atoms with van der Waals surface area (Å²) in [5.41, 5.74) is 1.45. The Balaban J connectivity index is 1.88. The van der Waals surface area contributed by atoms with E-state index in [0.717, 1.165) is 17.5 Å². The summed E-state index contributed by atoms with van der Waals surface area (Å²) in [6.07, 6.45) is -3.40. The van der Waals surface area contributed by atoms with Crippen molar-refractivity contribution in [3.63, 3.8) is 0 Å². The van der Waals surface area contributed by atoms with Crippen molar-refractivity contribution in [3.05, 3.63) is 74.9 Å². The van der Waals surface area contributed by atoms with E-state index in [2.05, 4.69) is 15.5 Å². The molecule has 0 bridgehead atoms. The highest BCUT2D eigenvalue weighted by atomic mass is 35.5. The molecule has 0 saturated heterocycles. The zero-order chi connectivity index (χ0) is 19.6. The maximum absolute atomic E-state index is 12.7. The van der Waals surface area contributed by atoms with Crippen LogP contribution in [-0.4, -0.2) is 16.1 Å². The van der Waals surface area contributed by atoms with Crippen molar-refractivity contribution in [1.29, 1.82) is 0 Å². The third-order valence-electron chi connectivity index (χ3n) is 3.61. The summed E-state index contributed by atoms with van der Waals surface area (Å²) in [4.78, 5) is 14.3. The molecule has 0 atom stereocenters. The fourth-order valence-corrected chi connectivity index (χ4v) is 2.52. The van der Waals surface area contributed by atoms with Gasteiger partial charge in [-0.2, -0.15) is 18.3 Å². The van der Waals surface area contributed by atoms with E-state index >= 15 is 0 Å². The highest BCUT2D eigenvalue weighted by molar-refractivity contribution is 6.32. The van der Waals surface area contributed by atoms with Gasteiger partial charge in [-0.3, -0.25) is 15.5 Å². The fourth-order valence-electron chi connectivity index (χ4n) is 2.32. The minimum atomic E-state index is -4.68. The number of hydrogen-bond acceptors (Lipinski definition) is 5. The molecule has 2 aromatic carbocycles. The topological polar surface area (TPSA) is 80.4 Å². The molecule has 3 aromatic rings. The van der Waals surface area contributed by atoms with Gasteiger partial charge in [0.05, 0.1) is 22.2 Å². The van der Waals surface area contributed by atoms with Crippen molar-refractivity contribution in [2.45, 2.75) is 6.18 Å².